The van der Waals surface area contributed by atoms with Gasteiger partial charge in [0.05, 0.1) is 0 Å². The van der Waals surface area contributed by atoms with E-state index in [1.807, 2.05) is 7.05 Å². The summed E-state index contributed by atoms with van der Waals surface area (Å²) in [4.78, 5) is 0. The highest BCUT2D eigenvalue weighted by atomic mass is 14.9. The van der Waals surface area contributed by atoms with Crippen molar-refractivity contribution in [3.8, 4) is 0 Å². The quantitative estimate of drug-likeness (QED) is 0.487. The van der Waals surface area contributed by atoms with Crippen LogP contribution in [0.2, 0.25) is 0 Å². The molecule has 0 aliphatic rings. The van der Waals surface area contributed by atoms with Gasteiger partial charge in [0.25, 0.3) is 0 Å². The van der Waals surface area contributed by atoms with E-state index in [9.17, 15) is 0 Å². The number of likely N-dealkylation sites (N-methyl/N-ethyl adjacent to an activating group) is 1. The Hall–Kier alpha value is -0.960. The Morgan fingerprint density at radius 1 is 1.78 bits per heavy atom. The van der Waals surface area contributed by atoms with Crippen LogP contribution in [-0.2, 0) is 0 Å². The maximum atomic E-state index is 5.32. The molecule has 52 valence electrons. The summed E-state index contributed by atoms with van der Waals surface area (Å²) in [5.41, 5.74) is 6.27. The van der Waals surface area contributed by atoms with Gasteiger partial charge in [0.2, 0.25) is 0 Å². The molecule has 0 saturated heterocycles. The van der Waals surface area contributed by atoms with Gasteiger partial charge in [-0.1, -0.05) is 6.58 Å². The predicted octanol–water partition coefficient (Wildman–Crippen LogP) is -0.261. The molecule has 0 saturated carbocycles. The topological polar surface area (TPSA) is 50.1 Å². The zero-order valence-corrected chi connectivity index (χ0v) is 5.65. The van der Waals surface area contributed by atoms with E-state index in [1.54, 1.807) is 12.4 Å². The first-order chi connectivity index (χ1) is 4.35. The molecule has 0 spiro atoms. The molecule has 3 heteroatoms. The zero-order valence-electron chi connectivity index (χ0n) is 5.65. The number of hydrogen-bond acceptors (Lipinski definition) is 3. The van der Waals surface area contributed by atoms with E-state index in [1.165, 1.54) is 0 Å². The van der Waals surface area contributed by atoms with Crippen LogP contribution in [0.4, 0.5) is 0 Å². The van der Waals surface area contributed by atoms with Gasteiger partial charge in [-0.25, -0.2) is 0 Å². The molecular weight excluding hydrogens is 114 g/mol. The second-order valence-electron chi connectivity index (χ2n) is 1.49. The van der Waals surface area contributed by atoms with E-state index in [-0.39, 0.29) is 0 Å². The minimum atomic E-state index is 0.511. The van der Waals surface area contributed by atoms with Crippen LogP contribution >= 0.6 is 0 Å². The molecule has 0 unspecified atom stereocenters. The standard InChI is InChI=1S/C6H13N3/c1-3-9-5-6(4-7)8-2/h3,5,8-9H,1,4,7H2,2H3/b6-5-. The van der Waals surface area contributed by atoms with Gasteiger partial charge in [-0.05, 0) is 6.20 Å². The largest absolute Gasteiger partial charge is 0.389 e. The third kappa shape index (κ3) is 3.61. The van der Waals surface area contributed by atoms with Crippen molar-refractivity contribution in [2.75, 3.05) is 13.6 Å². The van der Waals surface area contributed by atoms with Crippen molar-refractivity contribution < 1.29 is 0 Å². The highest BCUT2D eigenvalue weighted by molar-refractivity contribution is 4.99. The predicted molar refractivity (Wildman–Crippen MR) is 39.5 cm³/mol. The molecule has 0 aromatic heterocycles. The summed E-state index contributed by atoms with van der Waals surface area (Å²) < 4.78 is 0. The van der Waals surface area contributed by atoms with E-state index >= 15 is 0 Å². The van der Waals surface area contributed by atoms with Crippen molar-refractivity contribution in [3.05, 3.63) is 24.7 Å². The summed E-state index contributed by atoms with van der Waals surface area (Å²) in [6.45, 7) is 3.99. The summed E-state index contributed by atoms with van der Waals surface area (Å²) in [6, 6.07) is 0. The summed E-state index contributed by atoms with van der Waals surface area (Å²) in [5, 5.41) is 5.72. The van der Waals surface area contributed by atoms with Gasteiger partial charge in [-0.15, -0.1) is 0 Å². The molecule has 0 aliphatic carbocycles. The van der Waals surface area contributed by atoms with Crippen LogP contribution in [0.3, 0.4) is 0 Å². The van der Waals surface area contributed by atoms with Gasteiger partial charge in [-0.2, -0.15) is 0 Å². The normalized spacial score (nSPS) is 10.7. The number of nitrogens with two attached hydrogens (primary N) is 1. The molecule has 4 N–H and O–H groups in total. The van der Waals surface area contributed by atoms with Crippen molar-refractivity contribution in [2.45, 2.75) is 0 Å². The van der Waals surface area contributed by atoms with Gasteiger partial charge in [0.1, 0.15) is 0 Å². The highest BCUT2D eigenvalue weighted by Gasteiger charge is 1.83. The molecule has 0 amide bonds. The summed E-state index contributed by atoms with van der Waals surface area (Å²) >= 11 is 0. The third-order valence-corrected chi connectivity index (χ3v) is 0.916. The summed E-state index contributed by atoms with van der Waals surface area (Å²) in [6.07, 6.45) is 3.36. The van der Waals surface area contributed by atoms with Crippen LogP contribution < -0.4 is 16.4 Å². The molecule has 0 bridgehead atoms. The highest BCUT2D eigenvalue weighted by Crippen LogP contribution is 1.77. The lowest BCUT2D eigenvalue weighted by atomic mass is 10.5. The van der Waals surface area contributed by atoms with Crippen LogP contribution in [0, 0.1) is 0 Å². The molecule has 0 atom stereocenters. The Morgan fingerprint density at radius 3 is 2.78 bits per heavy atom. The first kappa shape index (κ1) is 8.04. The van der Waals surface area contributed by atoms with Crippen molar-refractivity contribution >= 4 is 0 Å². The van der Waals surface area contributed by atoms with Gasteiger partial charge in [-0.3, -0.25) is 0 Å². The van der Waals surface area contributed by atoms with E-state index in [0.29, 0.717) is 6.54 Å². The van der Waals surface area contributed by atoms with Crippen LogP contribution in [0.5, 0.6) is 0 Å². The van der Waals surface area contributed by atoms with E-state index < -0.39 is 0 Å². The lowest BCUT2D eigenvalue weighted by molar-refractivity contribution is 0.903. The Balaban J connectivity index is 3.60. The van der Waals surface area contributed by atoms with Crippen LogP contribution in [0.15, 0.2) is 24.7 Å². The molecule has 0 heterocycles. The molecule has 0 aromatic carbocycles. The van der Waals surface area contributed by atoms with E-state index in [4.69, 9.17) is 5.73 Å². The summed E-state index contributed by atoms with van der Waals surface area (Å²) in [7, 11) is 1.82. The SMILES string of the molecule is C=CN/C=C(/CN)NC. The minimum absolute atomic E-state index is 0.511. The first-order valence-electron chi connectivity index (χ1n) is 2.79. The van der Waals surface area contributed by atoms with Crippen LogP contribution in [-0.4, -0.2) is 13.6 Å². The van der Waals surface area contributed by atoms with Crippen molar-refractivity contribution in [1.29, 1.82) is 0 Å². The van der Waals surface area contributed by atoms with Crippen molar-refractivity contribution in [3.63, 3.8) is 0 Å². The van der Waals surface area contributed by atoms with Gasteiger partial charge < -0.3 is 16.4 Å². The molecule has 9 heavy (non-hydrogen) atoms. The Kier molecular flexibility index (Phi) is 4.63. The minimum Gasteiger partial charge on any atom is -0.389 e. The second-order valence-corrected chi connectivity index (χ2v) is 1.49. The molecule has 0 aromatic rings. The van der Waals surface area contributed by atoms with Crippen LogP contribution in [0.25, 0.3) is 0 Å². The zero-order chi connectivity index (χ0) is 7.11. The number of rotatable bonds is 4. The van der Waals surface area contributed by atoms with Crippen molar-refractivity contribution in [1.82, 2.24) is 10.6 Å². The summed E-state index contributed by atoms with van der Waals surface area (Å²) in [5.74, 6) is 0. The van der Waals surface area contributed by atoms with Crippen molar-refractivity contribution in [2.24, 2.45) is 5.73 Å². The fraction of sp³-hybridized carbons (Fsp3) is 0.333. The first-order valence-corrected chi connectivity index (χ1v) is 2.79. The van der Waals surface area contributed by atoms with E-state index in [0.717, 1.165) is 5.70 Å². The maximum absolute atomic E-state index is 5.32. The lowest BCUT2D eigenvalue weighted by Crippen LogP contribution is -2.17. The maximum Gasteiger partial charge on any atom is 0.0405 e. The third-order valence-electron chi connectivity index (χ3n) is 0.916. The molecule has 3 nitrogen and oxygen atoms in total. The lowest BCUT2D eigenvalue weighted by Gasteiger charge is -2.00. The fourth-order valence-corrected chi connectivity index (χ4v) is 0.393. The smallest absolute Gasteiger partial charge is 0.0405 e. The Morgan fingerprint density at radius 2 is 2.44 bits per heavy atom. The van der Waals surface area contributed by atoms with Gasteiger partial charge >= 0.3 is 0 Å². The van der Waals surface area contributed by atoms with Gasteiger partial charge in [0, 0.05) is 25.5 Å². The molecule has 0 aliphatic heterocycles. The monoisotopic (exact) mass is 127 g/mol. The molecular formula is C6H13N3. The molecule has 0 radical (unpaired) electrons. The fourth-order valence-electron chi connectivity index (χ4n) is 0.393. The number of nitrogens with one attached hydrogen (secondary N) is 2. The second kappa shape index (κ2) is 5.18. The number of hydrogen-bond donors (Lipinski definition) is 3. The van der Waals surface area contributed by atoms with E-state index in [2.05, 4.69) is 17.2 Å². The Labute approximate surface area is 55.6 Å². The Bertz CT molecular complexity index is 101. The van der Waals surface area contributed by atoms with Crippen LogP contribution in [0.1, 0.15) is 0 Å². The van der Waals surface area contributed by atoms with Gasteiger partial charge in [0.15, 0.2) is 0 Å². The average Bonchev–Trinajstić information content (AvgIpc) is 1.91. The molecule has 0 rings (SSSR count). The average molecular weight is 127 g/mol. The molecule has 0 fully saturated rings.